The van der Waals surface area contributed by atoms with Gasteiger partial charge in [0.05, 0.1) is 12.1 Å². The van der Waals surface area contributed by atoms with E-state index in [1.54, 1.807) is 6.07 Å². The van der Waals surface area contributed by atoms with Crippen LogP contribution in [0.2, 0.25) is 0 Å². The van der Waals surface area contributed by atoms with E-state index in [0.29, 0.717) is 42.3 Å². The smallest absolute Gasteiger partial charge is 0.416 e. The molecule has 0 N–H and O–H groups in total. The lowest BCUT2D eigenvalue weighted by Gasteiger charge is -2.25. The van der Waals surface area contributed by atoms with E-state index in [1.165, 1.54) is 23.2 Å². The normalized spacial score (nSPS) is 14.2. The predicted octanol–water partition coefficient (Wildman–Crippen LogP) is 3.12. The van der Waals surface area contributed by atoms with Gasteiger partial charge in [0, 0.05) is 11.8 Å². The van der Waals surface area contributed by atoms with Gasteiger partial charge in [-0.3, -0.25) is 4.79 Å². The highest BCUT2D eigenvalue weighted by atomic mass is 19.4. The second-order valence-electron chi connectivity index (χ2n) is 4.77. The van der Waals surface area contributed by atoms with Crippen LogP contribution in [0.1, 0.15) is 5.56 Å². The van der Waals surface area contributed by atoms with Crippen molar-refractivity contribution in [3.63, 3.8) is 0 Å². The molecule has 1 aliphatic rings. The SMILES string of the molecule is O=CN1CCOc2ncc(-c3ccc(C(F)(F)F)cc3)cc21. The number of fused-ring (bicyclic) bond motifs is 1. The van der Waals surface area contributed by atoms with E-state index in [2.05, 4.69) is 4.98 Å². The van der Waals surface area contributed by atoms with Crippen molar-refractivity contribution in [3.05, 3.63) is 42.1 Å². The lowest BCUT2D eigenvalue weighted by Crippen LogP contribution is -2.31. The first kappa shape index (κ1) is 14.4. The van der Waals surface area contributed by atoms with E-state index in [9.17, 15) is 18.0 Å². The Hall–Kier alpha value is -2.57. The molecule has 1 aromatic heterocycles. The van der Waals surface area contributed by atoms with Gasteiger partial charge in [0.2, 0.25) is 12.3 Å². The number of carbonyl (C=O) groups is 1. The monoisotopic (exact) mass is 308 g/mol. The molecular formula is C15H11F3N2O2. The Bertz CT molecular complexity index is 699. The average molecular weight is 308 g/mol. The molecule has 3 rings (SSSR count). The molecule has 0 saturated heterocycles. The summed E-state index contributed by atoms with van der Waals surface area (Å²) in [7, 11) is 0. The van der Waals surface area contributed by atoms with E-state index in [0.717, 1.165) is 12.1 Å². The lowest BCUT2D eigenvalue weighted by atomic mass is 10.0. The molecule has 2 heterocycles. The van der Waals surface area contributed by atoms with Gasteiger partial charge >= 0.3 is 6.18 Å². The van der Waals surface area contributed by atoms with Gasteiger partial charge in [0.1, 0.15) is 12.3 Å². The summed E-state index contributed by atoms with van der Waals surface area (Å²) in [5.41, 5.74) is 1.00. The predicted molar refractivity (Wildman–Crippen MR) is 73.6 cm³/mol. The molecular weight excluding hydrogens is 297 g/mol. The number of aromatic nitrogens is 1. The van der Waals surface area contributed by atoms with Crippen LogP contribution in [0.3, 0.4) is 0 Å². The van der Waals surface area contributed by atoms with Gasteiger partial charge in [-0.05, 0) is 23.8 Å². The van der Waals surface area contributed by atoms with E-state index in [-0.39, 0.29) is 0 Å². The largest absolute Gasteiger partial charge is 0.474 e. The van der Waals surface area contributed by atoms with Crippen LogP contribution in [0.5, 0.6) is 5.88 Å². The van der Waals surface area contributed by atoms with Crippen molar-refractivity contribution >= 4 is 12.1 Å². The molecule has 0 unspecified atom stereocenters. The van der Waals surface area contributed by atoms with E-state index in [4.69, 9.17) is 4.74 Å². The zero-order valence-corrected chi connectivity index (χ0v) is 11.3. The Balaban J connectivity index is 1.97. The number of rotatable bonds is 2. The average Bonchev–Trinajstić information content (AvgIpc) is 2.53. The summed E-state index contributed by atoms with van der Waals surface area (Å²) in [6, 6.07) is 6.46. The van der Waals surface area contributed by atoms with Crippen molar-refractivity contribution in [2.24, 2.45) is 0 Å². The van der Waals surface area contributed by atoms with Gasteiger partial charge < -0.3 is 9.64 Å². The van der Waals surface area contributed by atoms with Gasteiger partial charge in [-0.1, -0.05) is 12.1 Å². The summed E-state index contributed by atoms with van der Waals surface area (Å²) >= 11 is 0. The highest BCUT2D eigenvalue weighted by Gasteiger charge is 2.30. The third-order valence-electron chi connectivity index (χ3n) is 3.39. The topological polar surface area (TPSA) is 42.4 Å². The fourth-order valence-electron chi connectivity index (χ4n) is 2.24. The van der Waals surface area contributed by atoms with Crippen molar-refractivity contribution in [1.29, 1.82) is 0 Å². The first-order valence-corrected chi connectivity index (χ1v) is 6.51. The van der Waals surface area contributed by atoms with Crippen molar-refractivity contribution in [1.82, 2.24) is 4.98 Å². The second kappa shape index (κ2) is 5.32. The molecule has 1 aliphatic heterocycles. The Morgan fingerprint density at radius 2 is 1.91 bits per heavy atom. The molecule has 0 aliphatic carbocycles. The lowest BCUT2D eigenvalue weighted by molar-refractivity contribution is -0.137. The molecule has 0 radical (unpaired) electrons. The molecule has 0 atom stereocenters. The van der Waals surface area contributed by atoms with Gasteiger partial charge in [-0.15, -0.1) is 0 Å². The molecule has 2 aromatic rings. The molecule has 0 bridgehead atoms. The fourth-order valence-corrected chi connectivity index (χ4v) is 2.24. The zero-order valence-electron chi connectivity index (χ0n) is 11.3. The Labute approximate surface area is 124 Å². The van der Waals surface area contributed by atoms with Crippen LogP contribution in [0.25, 0.3) is 11.1 Å². The van der Waals surface area contributed by atoms with E-state index < -0.39 is 11.7 Å². The first-order valence-electron chi connectivity index (χ1n) is 6.51. The molecule has 7 heteroatoms. The summed E-state index contributed by atoms with van der Waals surface area (Å²) in [5.74, 6) is 0.342. The van der Waals surface area contributed by atoms with Crippen LogP contribution >= 0.6 is 0 Å². The molecule has 22 heavy (non-hydrogen) atoms. The van der Waals surface area contributed by atoms with Crippen LogP contribution in [-0.4, -0.2) is 24.5 Å². The number of carbonyl (C=O) groups excluding carboxylic acids is 1. The number of hydrogen-bond donors (Lipinski definition) is 0. The minimum Gasteiger partial charge on any atom is -0.474 e. The zero-order chi connectivity index (χ0) is 15.7. The fraction of sp³-hybridized carbons (Fsp3) is 0.200. The number of hydrogen-bond acceptors (Lipinski definition) is 3. The molecule has 0 fully saturated rings. The molecule has 0 spiro atoms. The molecule has 0 saturated carbocycles. The van der Waals surface area contributed by atoms with E-state index >= 15 is 0 Å². The summed E-state index contributed by atoms with van der Waals surface area (Å²) in [4.78, 5) is 16.6. The Morgan fingerprint density at radius 3 is 2.55 bits per heavy atom. The third kappa shape index (κ3) is 2.61. The maximum Gasteiger partial charge on any atom is 0.416 e. The summed E-state index contributed by atoms with van der Waals surface area (Å²) in [6.45, 7) is 0.771. The van der Waals surface area contributed by atoms with Gasteiger partial charge in [-0.25, -0.2) is 4.98 Å². The van der Waals surface area contributed by atoms with Gasteiger partial charge in [-0.2, -0.15) is 13.2 Å². The van der Waals surface area contributed by atoms with Gasteiger partial charge in [0.15, 0.2) is 0 Å². The molecule has 1 aromatic carbocycles. The van der Waals surface area contributed by atoms with Crippen molar-refractivity contribution in [2.75, 3.05) is 18.1 Å². The molecule has 4 nitrogen and oxygen atoms in total. The van der Waals surface area contributed by atoms with Crippen LogP contribution in [0.15, 0.2) is 36.5 Å². The van der Waals surface area contributed by atoms with Crippen molar-refractivity contribution < 1.29 is 22.7 Å². The summed E-state index contributed by atoms with van der Waals surface area (Å²) in [6.07, 6.45) is -2.18. The molecule has 1 amide bonds. The number of halogens is 3. The van der Waals surface area contributed by atoms with Crippen LogP contribution < -0.4 is 9.64 Å². The number of alkyl halides is 3. The highest BCUT2D eigenvalue weighted by Crippen LogP contribution is 2.34. The highest BCUT2D eigenvalue weighted by molar-refractivity contribution is 5.81. The number of ether oxygens (including phenoxy) is 1. The number of pyridine rings is 1. The second-order valence-corrected chi connectivity index (χ2v) is 4.77. The Morgan fingerprint density at radius 1 is 1.18 bits per heavy atom. The van der Waals surface area contributed by atoms with Crippen LogP contribution in [-0.2, 0) is 11.0 Å². The van der Waals surface area contributed by atoms with E-state index in [1.807, 2.05) is 0 Å². The number of benzene rings is 1. The number of amides is 1. The molecule has 114 valence electrons. The standard InChI is InChI=1S/C15H11F3N2O2/c16-15(17,18)12-3-1-10(2-4-12)11-7-13-14(19-8-11)22-6-5-20(13)9-21/h1-4,7-9H,5-6H2. The first-order chi connectivity index (χ1) is 10.5. The minimum atomic E-state index is -4.37. The van der Waals surface area contributed by atoms with Crippen LogP contribution in [0.4, 0.5) is 18.9 Å². The summed E-state index contributed by atoms with van der Waals surface area (Å²) < 4.78 is 43.1. The minimum absolute atomic E-state index is 0.342. The quantitative estimate of drug-likeness (QED) is 0.801. The van der Waals surface area contributed by atoms with Crippen molar-refractivity contribution in [3.8, 4) is 17.0 Å². The number of anilines is 1. The van der Waals surface area contributed by atoms with Crippen molar-refractivity contribution in [2.45, 2.75) is 6.18 Å². The summed E-state index contributed by atoms with van der Waals surface area (Å²) in [5, 5.41) is 0. The maximum atomic E-state index is 12.6. The van der Waals surface area contributed by atoms with Crippen LogP contribution in [0, 0.1) is 0 Å². The third-order valence-corrected chi connectivity index (χ3v) is 3.39. The maximum absolute atomic E-state index is 12.6. The Kier molecular flexibility index (Phi) is 3.48. The number of nitrogens with zero attached hydrogens (tertiary/aromatic N) is 2. The van der Waals surface area contributed by atoms with Gasteiger partial charge in [0.25, 0.3) is 0 Å².